The molecule has 6 heteroatoms. The van der Waals surface area contributed by atoms with E-state index in [0.717, 1.165) is 11.3 Å². The Hall–Kier alpha value is -1.75. The van der Waals surface area contributed by atoms with Crippen LogP contribution in [0.4, 0.5) is 0 Å². The first-order valence-corrected chi connectivity index (χ1v) is 11.8. The van der Waals surface area contributed by atoms with Gasteiger partial charge in [0.2, 0.25) is 0 Å². The molecule has 0 aromatic heterocycles. The first kappa shape index (κ1) is 21.9. The first-order chi connectivity index (χ1) is 13.7. The summed E-state index contributed by atoms with van der Waals surface area (Å²) in [6.45, 7) is 2.11. The van der Waals surface area contributed by atoms with Crippen LogP contribution in [0, 0.1) is 6.92 Å². The van der Waals surface area contributed by atoms with Gasteiger partial charge in [0, 0.05) is 0 Å². The summed E-state index contributed by atoms with van der Waals surface area (Å²) in [5, 5.41) is 1.30. The van der Waals surface area contributed by atoms with E-state index in [1.165, 1.54) is 16.4 Å². The fourth-order valence-corrected chi connectivity index (χ4v) is 10.2. The van der Waals surface area contributed by atoms with E-state index in [4.69, 9.17) is 9.26 Å². The molecule has 29 heavy (non-hydrogen) atoms. The van der Waals surface area contributed by atoms with Crippen molar-refractivity contribution in [3.8, 4) is 5.75 Å². The third kappa shape index (κ3) is 3.13. The van der Waals surface area contributed by atoms with Gasteiger partial charge in [0.15, 0.2) is 0 Å². The van der Waals surface area contributed by atoms with Crippen LogP contribution >= 0.6 is 7.28 Å². The van der Waals surface area contributed by atoms with E-state index in [-0.39, 0.29) is 6.10 Å². The Morgan fingerprint density at radius 2 is 1.34 bits per heavy atom. The number of benzene rings is 2. The molecular weight excluding hydrogens is 381 g/mol. The Morgan fingerprint density at radius 1 is 0.828 bits per heavy atom. The number of hydrogen-bond donors (Lipinski definition) is 0. The zero-order valence-corrected chi connectivity index (χ0v) is 19.8. The second-order valence-corrected chi connectivity index (χ2v) is 13.1. The first-order valence-electron chi connectivity index (χ1n) is 9.83. The van der Waals surface area contributed by atoms with Crippen molar-refractivity contribution in [1.82, 2.24) is 14.0 Å². The second kappa shape index (κ2) is 7.82. The molecule has 0 aliphatic carbocycles. The number of aryl methyl sites for hydroxylation is 1. The zero-order valence-electron chi connectivity index (χ0n) is 18.9. The van der Waals surface area contributed by atoms with Crippen LogP contribution in [-0.4, -0.2) is 63.4 Å². The fraction of sp³-hybridized carbons (Fsp3) is 0.391. The van der Waals surface area contributed by atoms with Crippen molar-refractivity contribution in [2.45, 2.75) is 13.0 Å². The van der Waals surface area contributed by atoms with E-state index >= 15 is 0 Å². The molecular formula is C23H34N3O2P. The molecule has 0 saturated carbocycles. The third-order valence-electron chi connectivity index (χ3n) is 5.99. The minimum atomic E-state index is -3.09. The molecule has 1 fully saturated rings. The zero-order chi connectivity index (χ0) is 21.4. The number of methoxy groups -OCH3 is 1. The van der Waals surface area contributed by atoms with Gasteiger partial charge in [0.1, 0.15) is 0 Å². The van der Waals surface area contributed by atoms with Gasteiger partial charge < -0.3 is 0 Å². The summed E-state index contributed by atoms with van der Waals surface area (Å²) in [4.78, 5) is 0. The molecule has 1 aliphatic rings. The maximum atomic E-state index is 6.97. The van der Waals surface area contributed by atoms with E-state index in [9.17, 15) is 0 Å². The van der Waals surface area contributed by atoms with Crippen LogP contribution in [0.3, 0.4) is 0 Å². The standard InChI is InChI=1S/C23H34N3O2P/c1-18-9-11-19(12-10-18)17-22-23(20-13-15-21(27-8)16-14-20)28-29(22,24(2)3,25(4)5)26(6)7/h9-17,23H,1-8H3/b22-17+. The summed E-state index contributed by atoms with van der Waals surface area (Å²) < 4.78 is 19.1. The van der Waals surface area contributed by atoms with Crippen LogP contribution in [0.25, 0.3) is 6.08 Å². The molecule has 0 radical (unpaired) electrons. The van der Waals surface area contributed by atoms with Gasteiger partial charge in [-0.05, 0) is 0 Å². The fourth-order valence-electron chi connectivity index (χ4n) is 4.55. The van der Waals surface area contributed by atoms with Gasteiger partial charge in [-0.25, -0.2) is 0 Å². The van der Waals surface area contributed by atoms with E-state index in [0.29, 0.717) is 0 Å². The van der Waals surface area contributed by atoms with Crippen molar-refractivity contribution < 1.29 is 9.26 Å². The average Bonchev–Trinajstić information content (AvgIpc) is 2.67. The van der Waals surface area contributed by atoms with Gasteiger partial charge in [-0.2, -0.15) is 0 Å². The molecule has 3 rings (SSSR count). The number of rotatable bonds is 6. The predicted molar refractivity (Wildman–Crippen MR) is 124 cm³/mol. The van der Waals surface area contributed by atoms with Crippen molar-refractivity contribution in [3.63, 3.8) is 0 Å². The molecule has 0 amide bonds. The van der Waals surface area contributed by atoms with Crippen LogP contribution < -0.4 is 4.74 Å². The van der Waals surface area contributed by atoms with Crippen molar-refractivity contribution in [3.05, 3.63) is 70.5 Å². The average molecular weight is 416 g/mol. The van der Waals surface area contributed by atoms with E-state index < -0.39 is 7.28 Å². The number of hydrogen-bond acceptors (Lipinski definition) is 5. The Kier molecular flexibility index (Phi) is 5.92. The Morgan fingerprint density at radius 3 is 1.79 bits per heavy atom. The van der Waals surface area contributed by atoms with Gasteiger partial charge >= 0.3 is 175 Å². The van der Waals surface area contributed by atoms with E-state index in [2.05, 4.69) is 106 Å². The van der Waals surface area contributed by atoms with Gasteiger partial charge in [0.05, 0.1) is 0 Å². The Balaban J connectivity index is 2.20. The summed E-state index contributed by atoms with van der Waals surface area (Å²) >= 11 is 0. The van der Waals surface area contributed by atoms with Gasteiger partial charge in [0.25, 0.3) is 0 Å². The van der Waals surface area contributed by atoms with Crippen molar-refractivity contribution in [2.24, 2.45) is 0 Å². The molecule has 1 saturated heterocycles. The summed E-state index contributed by atoms with van der Waals surface area (Å²) in [6.07, 6.45) is 2.21. The van der Waals surface area contributed by atoms with Crippen LogP contribution in [0.1, 0.15) is 22.8 Å². The van der Waals surface area contributed by atoms with Crippen molar-refractivity contribution in [2.75, 3.05) is 49.4 Å². The Labute approximate surface area is 175 Å². The van der Waals surface area contributed by atoms with E-state index in [1.54, 1.807) is 7.11 Å². The molecule has 1 aliphatic heterocycles. The maximum absolute atomic E-state index is 6.97. The third-order valence-corrected chi connectivity index (χ3v) is 12.2. The summed E-state index contributed by atoms with van der Waals surface area (Å²) in [5.74, 6) is 0.849. The molecule has 1 unspecified atom stereocenters. The van der Waals surface area contributed by atoms with Gasteiger partial charge in [-0.3, -0.25) is 0 Å². The summed E-state index contributed by atoms with van der Waals surface area (Å²) in [6, 6.07) is 16.9. The minimum absolute atomic E-state index is 0.105. The van der Waals surface area contributed by atoms with Crippen LogP contribution in [0.5, 0.6) is 5.75 Å². The van der Waals surface area contributed by atoms with Crippen LogP contribution in [0.15, 0.2) is 53.8 Å². The second-order valence-electron chi connectivity index (χ2n) is 8.18. The van der Waals surface area contributed by atoms with Crippen molar-refractivity contribution >= 4 is 13.4 Å². The normalized spacial score (nSPS) is 23.1. The number of nitrogens with zero attached hydrogens (tertiary/aromatic N) is 3. The SMILES string of the molecule is COc1ccc(C2OP(N(C)C)(N(C)C)(N(C)C)/C2=C/c2ccc(C)cc2)cc1. The number of ether oxygens (including phenoxy) is 1. The molecule has 158 valence electrons. The monoisotopic (exact) mass is 415 g/mol. The summed E-state index contributed by atoms with van der Waals surface area (Å²) in [7, 11) is 11.3. The van der Waals surface area contributed by atoms with Crippen molar-refractivity contribution in [1.29, 1.82) is 0 Å². The quantitative estimate of drug-likeness (QED) is 0.618. The molecule has 0 spiro atoms. The van der Waals surface area contributed by atoms with Crippen LogP contribution in [0.2, 0.25) is 0 Å². The Bertz CT molecular complexity index is 865. The molecule has 5 nitrogen and oxygen atoms in total. The molecule has 1 heterocycles. The van der Waals surface area contributed by atoms with Gasteiger partial charge in [-0.15, -0.1) is 0 Å². The topological polar surface area (TPSA) is 28.2 Å². The summed E-state index contributed by atoms with van der Waals surface area (Å²) in [5.41, 5.74) is 3.58. The molecule has 0 N–H and O–H groups in total. The van der Waals surface area contributed by atoms with Crippen LogP contribution in [-0.2, 0) is 4.52 Å². The molecule has 2 aromatic rings. The predicted octanol–water partition coefficient (Wildman–Crippen LogP) is 5.01. The van der Waals surface area contributed by atoms with Gasteiger partial charge in [-0.1, -0.05) is 0 Å². The molecule has 1 atom stereocenters. The van der Waals surface area contributed by atoms with E-state index in [1.807, 2.05) is 12.1 Å². The molecule has 2 aromatic carbocycles. The molecule has 0 bridgehead atoms.